The fourth-order valence-corrected chi connectivity index (χ4v) is 6.11. The lowest BCUT2D eigenvalue weighted by Gasteiger charge is -2.41. The van der Waals surface area contributed by atoms with E-state index >= 15 is 0 Å². The predicted octanol–water partition coefficient (Wildman–Crippen LogP) is 7.01. The molecule has 0 radical (unpaired) electrons. The number of nitrogens with one attached hydrogen (secondary N) is 2. The van der Waals surface area contributed by atoms with Crippen molar-refractivity contribution in [2.45, 2.75) is 45.6 Å². The van der Waals surface area contributed by atoms with Crippen molar-refractivity contribution >= 4 is 40.1 Å². The largest absolute Gasteiger partial charge is 0.497 e. The highest BCUT2D eigenvalue weighted by Crippen LogP contribution is 2.40. The first-order valence-corrected chi connectivity index (χ1v) is 14.8. The van der Waals surface area contributed by atoms with Gasteiger partial charge in [-0.2, -0.15) is 0 Å². The highest BCUT2D eigenvalue weighted by Gasteiger charge is 2.37. The van der Waals surface area contributed by atoms with E-state index in [2.05, 4.69) is 36.3 Å². The summed E-state index contributed by atoms with van der Waals surface area (Å²) in [6, 6.07) is 22.4. The summed E-state index contributed by atoms with van der Waals surface area (Å²) in [7, 11) is 1.61. The zero-order valence-corrected chi connectivity index (χ0v) is 25.0. The van der Waals surface area contributed by atoms with Crippen molar-refractivity contribution in [2.24, 2.45) is 4.99 Å². The first-order chi connectivity index (χ1) is 19.6. The minimum absolute atomic E-state index is 0.0151. The highest BCUT2D eigenvalue weighted by molar-refractivity contribution is 8.13. The van der Waals surface area contributed by atoms with Gasteiger partial charge in [0, 0.05) is 29.2 Å². The van der Waals surface area contributed by atoms with Crippen LogP contribution in [0.15, 0.2) is 89.1 Å². The van der Waals surface area contributed by atoms with Crippen molar-refractivity contribution in [3.63, 3.8) is 0 Å². The van der Waals surface area contributed by atoms with E-state index in [-0.39, 0.29) is 23.3 Å². The molecule has 8 heteroatoms. The number of fused-ring (bicyclic) bond motifs is 1. The van der Waals surface area contributed by atoms with Crippen LogP contribution in [-0.4, -0.2) is 41.3 Å². The summed E-state index contributed by atoms with van der Waals surface area (Å²) in [6.07, 6.45) is 0.994. The van der Waals surface area contributed by atoms with Crippen LogP contribution < -0.4 is 15.4 Å². The molecule has 0 aromatic heterocycles. The van der Waals surface area contributed by atoms with Gasteiger partial charge in [-0.1, -0.05) is 56.8 Å². The predicted molar refractivity (Wildman–Crippen MR) is 168 cm³/mol. The Morgan fingerprint density at radius 2 is 1.66 bits per heavy atom. The average molecular weight is 569 g/mol. The number of amidine groups is 1. The number of aliphatic imine (C=N–C) groups is 1. The quantitative estimate of drug-likeness (QED) is 0.334. The molecule has 1 saturated heterocycles. The van der Waals surface area contributed by atoms with Gasteiger partial charge in [-0.15, -0.1) is 0 Å². The van der Waals surface area contributed by atoms with Crippen molar-refractivity contribution in [3.8, 4) is 5.75 Å². The van der Waals surface area contributed by atoms with E-state index < -0.39 is 0 Å². The summed E-state index contributed by atoms with van der Waals surface area (Å²) < 4.78 is 5.25. The van der Waals surface area contributed by atoms with Gasteiger partial charge in [0.1, 0.15) is 5.75 Å². The van der Waals surface area contributed by atoms with Gasteiger partial charge in [-0.25, -0.2) is 4.99 Å². The molecule has 1 unspecified atom stereocenters. The molecule has 2 aliphatic rings. The average Bonchev–Trinajstić information content (AvgIpc) is 2.96. The molecule has 2 amide bonds. The molecule has 7 nitrogen and oxygen atoms in total. The molecule has 0 spiro atoms. The molecule has 0 aliphatic carbocycles. The number of nitrogens with zero attached hydrogens (tertiary/aromatic N) is 2. The van der Waals surface area contributed by atoms with E-state index in [1.165, 1.54) is 5.56 Å². The molecule has 2 N–H and O–H groups in total. The van der Waals surface area contributed by atoms with Gasteiger partial charge >= 0.3 is 0 Å². The zero-order chi connectivity index (χ0) is 29.1. The van der Waals surface area contributed by atoms with Crippen LogP contribution in [0.5, 0.6) is 5.75 Å². The monoisotopic (exact) mass is 568 g/mol. The van der Waals surface area contributed by atoms with Gasteiger partial charge in [0.05, 0.1) is 24.4 Å². The summed E-state index contributed by atoms with van der Waals surface area (Å²) in [4.78, 5) is 33.9. The van der Waals surface area contributed by atoms with Crippen LogP contribution in [0.4, 0.5) is 11.4 Å². The van der Waals surface area contributed by atoms with Gasteiger partial charge in [-0.05, 0) is 78.4 Å². The van der Waals surface area contributed by atoms with Crippen molar-refractivity contribution < 1.29 is 14.3 Å². The van der Waals surface area contributed by atoms with Gasteiger partial charge in [0.25, 0.3) is 11.8 Å². The number of allylic oxidation sites excluding steroid dienone is 1. The van der Waals surface area contributed by atoms with Crippen molar-refractivity contribution in [1.82, 2.24) is 4.90 Å². The second-order valence-corrected chi connectivity index (χ2v) is 12.3. The van der Waals surface area contributed by atoms with Crippen molar-refractivity contribution in [3.05, 3.63) is 101 Å². The smallest absolute Gasteiger partial charge is 0.255 e. The Morgan fingerprint density at radius 1 is 0.951 bits per heavy atom. The Hall–Kier alpha value is -4.04. The standard InChI is InChI=1S/C33H36N4O3S/c1-21-28(31(39)35-25-14-16-27(40-5)17-15-25)29(37-18-7-19-41-32(37)34-21)23-8-6-9-26(20-23)36-30(38)22-10-12-24(13-11-22)33(2,3)4/h6,8-17,20,29H,7,18-19H2,1-5H3,(H,35,39)(H,36,38). The molecule has 0 bridgehead atoms. The lowest BCUT2D eigenvalue weighted by molar-refractivity contribution is -0.113. The second kappa shape index (κ2) is 11.8. The van der Waals surface area contributed by atoms with Crippen LogP contribution in [0.2, 0.25) is 0 Å². The Balaban J connectivity index is 1.43. The van der Waals surface area contributed by atoms with Crippen LogP contribution in [0.3, 0.4) is 0 Å². The Labute approximate surface area is 246 Å². The number of carbonyl (C=O) groups excluding carboxylic acids is 2. The molecule has 3 aromatic carbocycles. The van der Waals surface area contributed by atoms with E-state index in [1.54, 1.807) is 18.9 Å². The summed E-state index contributed by atoms with van der Waals surface area (Å²) in [6.45, 7) is 9.13. The fourth-order valence-electron chi connectivity index (χ4n) is 5.09. The molecule has 3 aromatic rings. The van der Waals surface area contributed by atoms with Crippen molar-refractivity contribution in [1.29, 1.82) is 0 Å². The number of anilines is 2. The van der Waals surface area contributed by atoms with Crippen LogP contribution in [0, 0.1) is 0 Å². The Kier molecular flexibility index (Phi) is 8.22. The number of hydrogen-bond acceptors (Lipinski definition) is 6. The van der Waals surface area contributed by atoms with Crippen molar-refractivity contribution in [2.75, 3.05) is 30.0 Å². The molecule has 41 heavy (non-hydrogen) atoms. The molecular formula is C33H36N4O3S. The number of hydrogen-bond donors (Lipinski definition) is 2. The Morgan fingerprint density at radius 3 is 2.34 bits per heavy atom. The maximum atomic E-state index is 13.8. The number of carbonyl (C=O) groups is 2. The lowest BCUT2D eigenvalue weighted by atomic mass is 9.86. The molecule has 5 rings (SSSR count). The second-order valence-electron chi connectivity index (χ2n) is 11.3. The Bertz CT molecular complexity index is 1500. The SMILES string of the molecule is COc1ccc(NC(=O)C2=C(C)N=C3SCCCN3C2c2cccc(NC(=O)c3ccc(C(C)(C)C)cc3)c2)cc1. The topological polar surface area (TPSA) is 83.0 Å². The molecular weight excluding hydrogens is 532 g/mol. The molecule has 212 valence electrons. The van der Waals surface area contributed by atoms with Crippen LogP contribution in [0.1, 0.15) is 61.6 Å². The van der Waals surface area contributed by atoms with Crippen LogP contribution >= 0.6 is 11.8 Å². The van der Waals surface area contributed by atoms with Crippen LogP contribution in [0.25, 0.3) is 0 Å². The molecule has 1 atom stereocenters. The first-order valence-electron chi connectivity index (χ1n) is 13.8. The number of rotatable bonds is 6. The van der Waals surface area contributed by atoms with E-state index in [4.69, 9.17) is 9.73 Å². The molecule has 1 fully saturated rings. The van der Waals surface area contributed by atoms with E-state index in [1.807, 2.05) is 79.7 Å². The number of benzene rings is 3. The number of ether oxygens (including phenoxy) is 1. The number of thioether (sulfide) groups is 1. The third kappa shape index (κ3) is 6.33. The van der Waals surface area contributed by atoms with Crippen LogP contribution in [-0.2, 0) is 10.2 Å². The minimum Gasteiger partial charge on any atom is -0.497 e. The first kappa shape index (κ1) is 28.5. The van der Waals surface area contributed by atoms with Gasteiger partial charge in [-0.3, -0.25) is 9.59 Å². The fraction of sp³-hybridized carbons (Fsp3) is 0.303. The summed E-state index contributed by atoms with van der Waals surface area (Å²) in [5.41, 5.74) is 5.33. The maximum absolute atomic E-state index is 13.8. The number of methoxy groups -OCH3 is 1. The third-order valence-electron chi connectivity index (χ3n) is 7.32. The van der Waals surface area contributed by atoms with Gasteiger partial charge < -0.3 is 20.3 Å². The third-order valence-corrected chi connectivity index (χ3v) is 8.40. The van der Waals surface area contributed by atoms with E-state index in [0.717, 1.165) is 35.2 Å². The summed E-state index contributed by atoms with van der Waals surface area (Å²) in [5, 5.41) is 7.02. The summed E-state index contributed by atoms with van der Waals surface area (Å²) >= 11 is 1.71. The van der Waals surface area contributed by atoms with Gasteiger partial charge in [0.2, 0.25) is 0 Å². The minimum atomic E-state index is -0.337. The lowest BCUT2D eigenvalue weighted by Crippen LogP contribution is -2.43. The van der Waals surface area contributed by atoms with E-state index in [9.17, 15) is 9.59 Å². The highest BCUT2D eigenvalue weighted by atomic mass is 32.2. The van der Waals surface area contributed by atoms with E-state index in [0.29, 0.717) is 28.2 Å². The molecule has 0 saturated carbocycles. The molecule has 2 aliphatic heterocycles. The molecule has 2 heterocycles. The van der Waals surface area contributed by atoms with Gasteiger partial charge in [0.15, 0.2) is 5.17 Å². The maximum Gasteiger partial charge on any atom is 0.255 e. The summed E-state index contributed by atoms with van der Waals surface area (Å²) in [5.74, 6) is 1.33. The zero-order valence-electron chi connectivity index (χ0n) is 24.2. The number of amides is 2. The normalized spacial score (nSPS) is 17.0.